The smallest absolute Gasteiger partial charge is 0.328 e. The Morgan fingerprint density at radius 3 is 2.20 bits per heavy atom. The van der Waals surface area contributed by atoms with Crippen molar-refractivity contribution < 1.29 is 44.0 Å². The second-order valence-corrected chi connectivity index (χ2v) is 7.72. The van der Waals surface area contributed by atoms with Crippen LogP contribution in [0.2, 0.25) is 0 Å². The van der Waals surface area contributed by atoms with Crippen molar-refractivity contribution in [3.05, 3.63) is 48.0 Å². The first kappa shape index (κ1) is 29.3. The van der Waals surface area contributed by atoms with Crippen molar-refractivity contribution in [2.45, 2.75) is 51.1 Å². The average Bonchev–Trinajstić information content (AvgIpc) is 3.31. The molecule has 1 saturated heterocycles. The summed E-state index contributed by atoms with van der Waals surface area (Å²) < 4.78 is 5.18. The molecule has 0 unspecified atom stereocenters. The van der Waals surface area contributed by atoms with Crippen LogP contribution in [-0.4, -0.2) is 81.8 Å². The molecule has 0 bridgehead atoms. The van der Waals surface area contributed by atoms with Crippen LogP contribution in [0.4, 0.5) is 0 Å². The van der Waals surface area contributed by atoms with E-state index in [1.54, 1.807) is 13.8 Å². The molecule has 35 heavy (non-hydrogen) atoms. The molecule has 0 aromatic heterocycles. The molecule has 2 rings (SSSR count). The third kappa shape index (κ3) is 10.4. The van der Waals surface area contributed by atoms with Gasteiger partial charge in [0.1, 0.15) is 6.04 Å². The molecule has 0 saturated carbocycles. The van der Waals surface area contributed by atoms with E-state index in [1.165, 1.54) is 4.90 Å². The number of hydrogen-bond acceptors (Lipinski definition) is 7. The minimum atomic E-state index is -1.26. The SMILES string of the molecule is CCOC(=O)[C@@H](CCN[C@@H](C)C(=O)N1CCC[C@H]1C(=O)O)c1ccccc1.O=C(O)/C=C\C(=O)O. The van der Waals surface area contributed by atoms with Gasteiger partial charge in [0.05, 0.1) is 18.6 Å². The molecular formula is C24H32N2O9. The van der Waals surface area contributed by atoms with Gasteiger partial charge in [0.2, 0.25) is 5.91 Å². The van der Waals surface area contributed by atoms with E-state index in [1.807, 2.05) is 30.3 Å². The maximum Gasteiger partial charge on any atom is 0.328 e. The van der Waals surface area contributed by atoms with Crippen LogP contribution in [0.25, 0.3) is 0 Å². The largest absolute Gasteiger partial charge is 0.480 e. The minimum Gasteiger partial charge on any atom is -0.480 e. The van der Waals surface area contributed by atoms with Gasteiger partial charge < -0.3 is 30.3 Å². The Bertz CT molecular complexity index is 886. The monoisotopic (exact) mass is 492 g/mol. The highest BCUT2D eigenvalue weighted by Gasteiger charge is 2.35. The van der Waals surface area contributed by atoms with Gasteiger partial charge in [-0.15, -0.1) is 0 Å². The fraction of sp³-hybridized carbons (Fsp3) is 0.458. The highest BCUT2D eigenvalue weighted by molar-refractivity contribution is 5.89. The van der Waals surface area contributed by atoms with Crippen LogP contribution in [0, 0.1) is 0 Å². The lowest BCUT2D eigenvalue weighted by Crippen LogP contribution is -2.49. The Labute approximate surface area is 203 Å². The zero-order chi connectivity index (χ0) is 26.4. The van der Waals surface area contributed by atoms with Crippen LogP contribution in [0.1, 0.15) is 44.6 Å². The second kappa shape index (κ2) is 15.2. The van der Waals surface area contributed by atoms with E-state index in [4.69, 9.17) is 14.9 Å². The van der Waals surface area contributed by atoms with Gasteiger partial charge in [0, 0.05) is 18.7 Å². The summed E-state index contributed by atoms with van der Waals surface area (Å²) in [7, 11) is 0. The van der Waals surface area contributed by atoms with Crippen LogP contribution in [0.3, 0.4) is 0 Å². The summed E-state index contributed by atoms with van der Waals surface area (Å²) in [6.07, 6.45) is 2.80. The lowest BCUT2D eigenvalue weighted by Gasteiger charge is -2.26. The number of carbonyl (C=O) groups excluding carboxylic acids is 2. The molecule has 1 aromatic rings. The molecule has 1 amide bonds. The zero-order valence-electron chi connectivity index (χ0n) is 19.8. The Kier molecular flexibility index (Phi) is 12.7. The first-order chi connectivity index (χ1) is 16.6. The molecular weight excluding hydrogens is 460 g/mol. The molecule has 11 nitrogen and oxygen atoms in total. The van der Waals surface area contributed by atoms with Crippen LogP contribution in [0.15, 0.2) is 42.5 Å². The maximum atomic E-state index is 12.6. The number of carbonyl (C=O) groups is 5. The number of ether oxygens (including phenoxy) is 1. The molecule has 1 aromatic carbocycles. The minimum absolute atomic E-state index is 0.215. The highest BCUT2D eigenvalue weighted by Crippen LogP contribution is 2.21. The number of hydrogen-bond donors (Lipinski definition) is 4. The highest BCUT2D eigenvalue weighted by atomic mass is 16.5. The summed E-state index contributed by atoms with van der Waals surface area (Å²) in [6.45, 7) is 4.72. The quantitative estimate of drug-likeness (QED) is 0.262. The molecule has 1 heterocycles. The Morgan fingerprint density at radius 2 is 1.69 bits per heavy atom. The van der Waals surface area contributed by atoms with Gasteiger partial charge in [-0.25, -0.2) is 14.4 Å². The van der Waals surface area contributed by atoms with Gasteiger partial charge in [-0.3, -0.25) is 9.59 Å². The first-order valence-electron chi connectivity index (χ1n) is 11.2. The third-order valence-electron chi connectivity index (χ3n) is 5.22. The number of esters is 1. The number of aliphatic carboxylic acids is 3. The van der Waals surface area contributed by atoms with Crippen LogP contribution < -0.4 is 5.32 Å². The molecule has 11 heteroatoms. The van der Waals surface area contributed by atoms with Crippen LogP contribution in [0.5, 0.6) is 0 Å². The molecule has 192 valence electrons. The maximum absolute atomic E-state index is 12.6. The summed E-state index contributed by atoms with van der Waals surface area (Å²) in [5.74, 6) is -4.37. The fourth-order valence-corrected chi connectivity index (χ4v) is 3.56. The van der Waals surface area contributed by atoms with Gasteiger partial charge >= 0.3 is 23.9 Å². The zero-order valence-corrected chi connectivity index (χ0v) is 19.8. The summed E-state index contributed by atoms with van der Waals surface area (Å²) in [5, 5.41) is 28.0. The number of likely N-dealkylation sites (tertiary alicyclic amines) is 1. The summed E-state index contributed by atoms with van der Waals surface area (Å²) >= 11 is 0. The Balaban J connectivity index is 0.000000658. The standard InChI is InChI=1S/C20H28N2O5.C4H4O4/c1-3-27-20(26)16(15-8-5-4-6-9-15)11-12-21-14(2)18(23)22-13-7-10-17(22)19(24)25;5-3(6)1-2-4(7)8/h4-6,8-9,14,16-17,21H,3,7,10-13H2,1-2H3,(H,24,25);1-2H,(H,5,6)(H,7,8)/b;2-1-/t14-,16-,17-;/m0./s1. The molecule has 0 aliphatic carbocycles. The number of carboxylic acids is 3. The first-order valence-corrected chi connectivity index (χ1v) is 11.2. The predicted octanol–water partition coefficient (Wildman–Crippen LogP) is 1.49. The normalized spacial score (nSPS) is 16.6. The molecule has 1 fully saturated rings. The van der Waals surface area contributed by atoms with Crippen molar-refractivity contribution in [2.75, 3.05) is 19.7 Å². The van der Waals surface area contributed by atoms with Crippen molar-refractivity contribution in [1.82, 2.24) is 10.2 Å². The number of benzene rings is 1. The van der Waals surface area contributed by atoms with Crippen molar-refractivity contribution >= 4 is 29.8 Å². The average molecular weight is 493 g/mol. The number of rotatable bonds is 11. The summed E-state index contributed by atoms with van der Waals surface area (Å²) in [6, 6.07) is 8.16. The van der Waals surface area contributed by atoms with Crippen molar-refractivity contribution in [3.8, 4) is 0 Å². The van der Waals surface area contributed by atoms with Crippen molar-refractivity contribution in [3.63, 3.8) is 0 Å². The lowest BCUT2D eigenvalue weighted by atomic mass is 9.95. The lowest BCUT2D eigenvalue weighted by molar-refractivity contribution is -0.149. The van der Waals surface area contributed by atoms with Crippen LogP contribution >= 0.6 is 0 Å². The topological polar surface area (TPSA) is 171 Å². The van der Waals surface area contributed by atoms with E-state index in [0.717, 1.165) is 5.56 Å². The van der Waals surface area contributed by atoms with Gasteiger partial charge in [0.15, 0.2) is 0 Å². The van der Waals surface area contributed by atoms with Gasteiger partial charge in [0.25, 0.3) is 0 Å². The van der Waals surface area contributed by atoms with Gasteiger partial charge in [-0.05, 0) is 45.2 Å². The fourth-order valence-electron chi connectivity index (χ4n) is 3.56. The molecule has 1 aliphatic heterocycles. The molecule has 4 N–H and O–H groups in total. The van der Waals surface area contributed by atoms with Gasteiger partial charge in [-0.2, -0.15) is 0 Å². The molecule has 0 radical (unpaired) electrons. The molecule has 0 spiro atoms. The predicted molar refractivity (Wildman–Crippen MR) is 125 cm³/mol. The number of carboxylic acid groups (broad SMARTS) is 3. The third-order valence-corrected chi connectivity index (χ3v) is 5.22. The van der Waals surface area contributed by atoms with E-state index >= 15 is 0 Å². The van der Waals surface area contributed by atoms with Crippen LogP contribution in [-0.2, 0) is 28.7 Å². The second-order valence-electron chi connectivity index (χ2n) is 7.72. The Morgan fingerprint density at radius 1 is 1.09 bits per heavy atom. The van der Waals surface area contributed by atoms with E-state index in [0.29, 0.717) is 51.1 Å². The van der Waals surface area contributed by atoms with E-state index in [-0.39, 0.29) is 11.9 Å². The molecule has 1 aliphatic rings. The van der Waals surface area contributed by atoms with Gasteiger partial charge in [-0.1, -0.05) is 30.3 Å². The summed E-state index contributed by atoms with van der Waals surface area (Å²) in [5.41, 5.74) is 0.877. The van der Waals surface area contributed by atoms with E-state index in [9.17, 15) is 29.1 Å². The van der Waals surface area contributed by atoms with Crippen molar-refractivity contribution in [2.24, 2.45) is 0 Å². The van der Waals surface area contributed by atoms with E-state index < -0.39 is 35.9 Å². The van der Waals surface area contributed by atoms with Crippen molar-refractivity contribution in [1.29, 1.82) is 0 Å². The number of nitrogens with one attached hydrogen (secondary N) is 1. The Hall–Kier alpha value is -3.73. The summed E-state index contributed by atoms with van der Waals surface area (Å²) in [4.78, 5) is 56.6. The van der Waals surface area contributed by atoms with E-state index in [2.05, 4.69) is 5.32 Å². The number of amides is 1. The molecule has 3 atom stereocenters. The number of nitrogens with zero attached hydrogens (tertiary/aromatic N) is 1.